The standard InChI is InChI=1S/C23H26N2O3/c1-2-28-23-16-11-18-22-8-9-24(18)13-14(16)7-10-27-19(23)12-20(26)25(21(22)23)17-6-4-3-5-15(17)22/h3-7,16,18-19,21H,2,8-13H2,1H3/t16-,18-,19-,21+,22+,23+/m0/s1. The number of ether oxygens (including phenoxy) is 2. The van der Waals surface area contributed by atoms with Gasteiger partial charge in [0.1, 0.15) is 5.60 Å². The van der Waals surface area contributed by atoms with Crippen molar-refractivity contribution in [3.8, 4) is 0 Å². The van der Waals surface area contributed by atoms with E-state index in [4.69, 9.17) is 9.47 Å². The zero-order valence-corrected chi connectivity index (χ0v) is 16.3. The number of nitrogens with zero attached hydrogens (tertiary/aromatic N) is 2. The van der Waals surface area contributed by atoms with Crippen molar-refractivity contribution < 1.29 is 14.3 Å². The second-order valence-corrected chi connectivity index (χ2v) is 9.34. The van der Waals surface area contributed by atoms with Gasteiger partial charge < -0.3 is 14.4 Å². The summed E-state index contributed by atoms with van der Waals surface area (Å²) < 4.78 is 13.2. The van der Waals surface area contributed by atoms with Crippen LogP contribution in [0.3, 0.4) is 0 Å². The lowest BCUT2D eigenvalue weighted by Crippen LogP contribution is -2.79. The highest BCUT2D eigenvalue weighted by molar-refractivity contribution is 6.00. The molecule has 5 aliphatic heterocycles. The van der Waals surface area contributed by atoms with E-state index in [-0.39, 0.29) is 23.5 Å². The summed E-state index contributed by atoms with van der Waals surface area (Å²) in [6.07, 6.45) is 4.79. The van der Waals surface area contributed by atoms with E-state index in [1.54, 1.807) is 0 Å². The number of amides is 1. The van der Waals surface area contributed by atoms with Gasteiger partial charge in [-0.25, -0.2) is 0 Å². The highest BCUT2D eigenvalue weighted by Gasteiger charge is 2.77. The summed E-state index contributed by atoms with van der Waals surface area (Å²) >= 11 is 0. The predicted molar refractivity (Wildman–Crippen MR) is 104 cm³/mol. The summed E-state index contributed by atoms with van der Waals surface area (Å²) in [5.74, 6) is 0.555. The fourth-order valence-electron chi connectivity index (χ4n) is 8.03. The van der Waals surface area contributed by atoms with Crippen LogP contribution in [0.1, 0.15) is 31.7 Å². The van der Waals surface area contributed by atoms with E-state index < -0.39 is 5.60 Å². The molecule has 1 spiro atoms. The van der Waals surface area contributed by atoms with E-state index in [2.05, 4.69) is 47.1 Å². The largest absolute Gasteiger partial charge is 0.371 e. The highest BCUT2D eigenvalue weighted by Crippen LogP contribution is 2.67. The molecule has 1 saturated carbocycles. The van der Waals surface area contributed by atoms with Crippen LogP contribution in [0.4, 0.5) is 5.69 Å². The van der Waals surface area contributed by atoms with Crippen molar-refractivity contribution in [1.29, 1.82) is 0 Å². The van der Waals surface area contributed by atoms with Crippen molar-refractivity contribution in [1.82, 2.24) is 4.90 Å². The lowest BCUT2D eigenvalue weighted by Gasteiger charge is -2.64. The van der Waals surface area contributed by atoms with Crippen LogP contribution in [0.5, 0.6) is 0 Å². The first kappa shape index (κ1) is 16.1. The summed E-state index contributed by atoms with van der Waals surface area (Å²) in [4.78, 5) is 18.3. The number of para-hydroxylation sites is 1. The first-order valence-corrected chi connectivity index (χ1v) is 10.8. The van der Waals surface area contributed by atoms with E-state index in [0.29, 0.717) is 31.6 Å². The Balaban J connectivity index is 1.58. The number of hydrogen-bond donors (Lipinski definition) is 0. The maximum absolute atomic E-state index is 13.5. The van der Waals surface area contributed by atoms with Crippen LogP contribution >= 0.6 is 0 Å². The molecule has 1 amide bonds. The van der Waals surface area contributed by atoms with Crippen molar-refractivity contribution in [2.45, 2.75) is 55.4 Å². The Labute approximate surface area is 165 Å². The molecule has 2 bridgehead atoms. The number of carbonyl (C=O) groups is 1. The molecule has 0 unspecified atom stereocenters. The van der Waals surface area contributed by atoms with E-state index in [0.717, 1.165) is 31.6 Å². The minimum absolute atomic E-state index is 0.0319. The summed E-state index contributed by atoms with van der Waals surface area (Å²) in [7, 11) is 0. The number of benzene rings is 1. The van der Waals surface area contributed by atoms with Crippen LogP contribution in [-0.4, -0.2) is 60.9 Å². The minimum atomic E-state index is -0.434. The van der Waals surface area contributed by atoms with Gasteiger partial charge in [0, 0.05) is 36.2 Å². The fraction of sp³-hybridized carbons (Fsp3) is 0.609. The molecule has 1 aromatic carbocycles. The van der Waals surface area contributed by atoms with Crippen LogP contribution in [0.15, 0.2) is 35.9 Å². The molecule has 1 aromatic rings. The Kier molecular flexibility index (Phi) is 2.92. The molecule has 7 rings (SSSR count). The lowest BCUT2D eigenvalue weighted by atomic mass is 9.51. The Bertz CT molecular complexity index is 928. The number of carbonyl (C=O) groups excluding carboxylic acids is 1. The molecule has 0 radical (unpaired) electrons. The van der Waals surface area contributed by atoms with Gasteiger partial charge in [0.05, 0.1) is 25.2 Å². The van der Waals surface area contributed by atoms with Gasteiger partial charge in [0.15, 0.2) is 0 Å². The van der Waals surface area contributed by atoms with Crippen molar-refractivity contribution in [2.75, 3.05) is 31.2 Å². The van der Waals surface area contributed by atoms with Gasteiger partial charge in [-0.2, -0.15) is 0 Å². The van der Waals surface area contributed by atoms with Crippen molar-refractivity contribution >= 4 is 11.6 Å². The van der Waals surface area contributed by atoms with Gasteiger partial charge in [-0.05, 0) is 37.9 Å². The van der Waals surface area contributed by atoms with Gasteiger partial charge in [-0.1, -0.05) is 29.8 Å². The van der Waals surface area contributed by atoms with Gasteiger partial charge in [0.2, 0.25) is 5.91 Å². The molecule has 0 aromatic heterocycles. The van der Waals surface area contributed by atoms with Crippen LogP contribution in [0, 0.1) is 5.92 Å². The van der Waals surface area contributed by atoms with Gasteiger partial charge in [0.25, 0.3) is 0 Å². The SMILES string of the molecule is CCO[C@@]12[C@@H]3CC(=O)N4c5ccccc5[C@@]5(CCN6CC(=CCO3)[C@@H]1C[C@H]65)[C@@H]42. The van der Waals surface area contributed by atoms with Crippen LogP contribution < -0.4 is 4.90 Å². The Morgan fingerprint density at radius 2 is 2.21 bits per heavy atom. The molecule has 4 fully saturated rings. The number of piperidine rings is 2. The topological polar surface area (TPSA) is 42.0 Å². The monoisotopic (exact) mass is 378 g/mol. The van der Waals surface area contributed by atoms with Crippen LogP contribution in [-0.2, 0) is 19.7 Å². The van der Waals surface area contributed by atoms with E-state index in [1.165, 1.54) is 11.1 Å². The quantitative estimate of drug-likeness (QED) is 0.741. The summed E-state index contributed by atoms with van der Waals surface area (Å²) in [5.41, 5.74) is 3.51. The van der Waals surface area contributed by atoms with E-state index >= 15 is 0 Å². The maximum Gasteiger partial charge on any atom is 0.230 e. The lowest BCUT2D eigenvalue weighted by molar-refractivity contribution is -0.215. The van der Waals surface area contributed by atoms with Crippen molar-refractivity contribution in [2.24, 2.45) is 5.92 Å². The molecule has 146 valence electrons. The van der Waals surface area contributed by atoms with E-state index in [1.807, 2.05) is 0 Å². The van der Waals surface area contributed by atoms with Crippen LogP contribution in [0.2, 0.25) is 0 Å². The molecular weight excluding hydrogens is 352 g/mol. The Morgan fingerprint density at radius 3 is 3.11 bits per heavy atom. The summed E-state index contributed by atoms with van der Waals surface area (Å²) in [6, 6.07) is 9.19. The van der Waals surface area contributed by atoms with Crippen molar-refractivity contribution in [3.63, 3.8) is 0 Å². The van der Waals surface area contributed by atoms with Crippen LogP contribution in [0.25, 0.3) is 0 Å². The predicted octanol–water partition coefficient (Wildman–Crippen LogP) is 2.25. The molecule has 5 nitrogen and oxygen atoms in total. The third kappa shape index (κ3) is 1.52. The fourth-order valence-corrected chi connectivity index (χ4v) is 8.03. The Morgan fingerprint density at radius 1 is 1.32 bits per heavy atom. The number of anilines is 1. The molecule has 6 atom stereocenters. The molecule has 5 heterocycles. The molecule has 0 N–H and O–H groups in total. The third-order valence-electron chi connectivity index (χ3n) is 8.69. The first-order valence-electron chi connectivity index (χ1n) is 10.8. The van der Waals surface area contributed by atoms with E-state index in [9.17, 15) is 4.79 Å². The second kappa shape index (κ2) is 5.07. The van der Waals surface area contributed by atoms with Gasteiger partial charge >= 0.3 is 0 Å². The molecule has 3 saturated heterocycles. The molecular formula is C23H26N2O3. The minimum Gasteiger partial charge on any atom is -0.371 e. The Hall–Kier alpha value is -1.69. The first-order chi connectivity index (χ1) is 13.7. The number of rotatable bonds is 2. The normalized spacial score (nSPS) is 45.0. The van der Waals surface area contributed by atoms with Gasteiger partial charge in [-0.15, -0.1) is 0 Å². The zero-order valence-electron chi connectivity index (χ0n) is 16.3. The number of fused-ring (bicyclic) bond motifs is 2. The summed E-state index contributed by atoms with van der Waals surface area (Å²) in [6.45, 7) is 5.49. The van der Waals surface area contributed by atoms with Gasteiger partial charge in [-0.3, -0.25) is 9.69 Å². The average Bonchev–Trinajstić information content (AvgIpc) is 3.19. The zero-order chi connectivity index (χ0) is 18.7. The van der Waals surface area contributed by atoms with Crippen molar-refractivity contribution in [3.05, 3.63) is 41.5 Å². The molecule has 6 aliphatic rings. The second-order valence-electron chi connectivity index (χ2n) is 9.34. The third-order valence-corrected chi connectivity index (χ3v) is 8.69. The maximum atomic E-state index is 13.5. The molecule has 5 heteroatoms. The summed E-state index contributed by atoms with van der Waals surface area (Å²) in [5, 5.41) is 0. The molecule has 1 aliphatic carbocycles. The highest BCUT2D eigenvalue weighted by atomic mass is 16.6. The number of hydrogen-bond acceptors (Lipinski definition) is 4. The average molecular weight is 378 g/mol. The smallest absolute Gasteiger partial charge is 0.230 e. The molecule has 28 heavy (non-hydrogen) atoms.